The maximum atomic E-state index is 12.1. The second kappa shape index (κ2) is 5.20. The summed E-state index contributed by atoms with van der Waals surface area (Å²) in [5, 5.41) is 8.68. The zero-order chi connectivity index (χ0) is 13.1. The van der Waals surface area contributed by atoms with Crippen molar-refractivity contribution in [2.24, 2.45) is 0 Å². The van der Waals surface area contributed by atoms with Gasteiger partial charge in [-0.3, -0.25) is 4.79 Å². The molecular weight excluding hydrogens is 236 g/mol. The quantitative estimate of drug-likeness (QED) is 0.774. The molecule has 0 heterocycles. The molecule has 0 aliphatic heterocycles. The number of halogens is 1. The lowest BCUT2D eigenvalue weighted by Gasteiger charge is -2.33. The number of hydrogen-bond acceptors (Lipinski definition) is 2. The lowest BCUT2D eigenvalue weighted by Crippen LogP contribution is -2.46. The number of rotatable bonds is 3. The number of nitrogens with zero attached hydrogens (tertiary/aromatic N) is 2. The predicted molar refractivity (Wildman–Crippen MR) is 68.0 cm³/mol. The number of carbonyl (C=O) groups excluding carboxylic acids is 1. The monoisotopic (exact) mass is 250 g/mol. The van der Waals surface area contributed by atoms with E-state index in [4.69, 9.17) is 16.9 Å². The fraction of sp³-hybridized carbons (Fsp3) is 0.385. The number of alkyl halides is 1. The molecule has 3 nitrogen and oxygen atoms in total. The van der Waals surface area contributed by atoms with E-state index in [1.807, 2.05) is 19.9 Å². The van der Waals surface area contributed by atoms with E-state index >= 15 is 0 Å². The zero-order valence-electron chi connectivity index (χ0n) is 10.2. The molecule has 0 unspecified atom stereocenters. The van der Waals surface area contributed by atoms with Gasteiger partial charge in [0.25, 0.3) is 5.91 Å². The lowest BCUT2D eigenvalue weighted by atomic mass is 10.0. The first-order valence-electron chi connectivity index (χ1n) is 5.26. The highest BCUT2D eigenvalue weighted by molar-refractivity contribution is 6.18. The van der Waals surface area contributed by atoms with Gasteiger partial charge in [-0.05, 0) is 38.1 Å². The molecule has 0 bridgehead atoms. The number of amides is 1. The van der Waals surface area contributed by atoms with Crippen LogP contribution in [0.3, 0.4) is 0 Å². The highest BCUT2D eigenvalue weighted by Gasteiger charge is 2.27. The third-order valence-corrected chi connectivity index (χ3v) is 3.45. The summed E-state index contributed by atoms with van der Waals surface area (Å²) in [5.74, 6) is 0.269. The smallest absolute Gasteiger partial charge is 0.254 e. The Morgan fingerprint density at radius 2 is 1.94 bits per heavy atom. The highest BCUT2D eigenvalue weighted by atomic mass is 35.5. The average molecular weight is 251 g/mol. The van der Waals surface area contributed by atoms with Crippen LogP contribution in [0.4, 0.5) is 0 Å². The zero-order valence-corrected chi connectivity index (χ0v) is 11.0. The molecular formula is C13H15ClN2O. The number of carbonyl (C=O) groups is 1. The van der Waals surface area contributed by atoms with Crippen LogP contribution in [0.2, 0.25) is 0 Å². The van der Waals surface area contributed by atoms with E-state index in [0.29, 0.717) is 17.0 Å². The molecule has 90 valence electrons. The number of benzene rings is 1. The summed E-state index contributed by atoms with van der Waals surface area (Å²) < 4.78 is 0. The average Bonchev–Trinajstić information content (AvgIpc) is 2.37. The van der Waals surface area contributed by atoms with Crippen molar-refractivity contribution >= 4 is 17.5 Å². The first kappa shape index (κ1) is 13.5. The van der Waals surface area contributed by atoms with Crippen LogP contribution in [0, 0.1) is 11.3 Å². The van der Waals surface area contributed by atoms with Crippen molar-refractivity contribution in [3.63, 3.8) is 0 Å². The molecule has 0 N–H and O–H groups in total. The van der Waals surface area contributed by atoms with E-state index in [9.17, 15) is 4.79 Å². The molecule has 1 aromatic carbocycles. The van der Waals surface area contributed by atoms with Gasteiger partial charge in [-0.15, -0.1) is 11.6 Å². The van der Waals surface area contributed by atoms with Crippen molar-refractivity contribution in [2.45, 2.75) is 19.4 Å². The van der Waals surface area contributed by atoms with E-state index in [0.717, 1.165) is 0 Å². The molecule has 0 radical (unpaired) electrons. The molecule has 0 aliphatic carbocycles. The molecule has 0 aliphatic rings. The van der Waals surface area contributed by atoms with Gasteiger partial charge in [-0.1, -0.05) is 0 Å². The minimum absolute atomic E-state index is 0.0971. The van der Waals surface area contributed by atoms with Crippen LogP contribution >= 0.6 is 11.6 Å². The van der Waals surface area contributed by atoms with Gasteiger partial charge < -0.3 is 4.90 Å². The summed E-state index contributed by atoms with van der Waals surface area (Å²) in [6.45, 7) is 3.81. The third-order valence-electron chi connectivity index (χ3n) is 2.80. The van der Waals surface area contributed by atoms with Crippen molar-refractivity contribution < 1.29 is 4.79 Å². The molecule has 1 amide bonds. The van der Waals surface area contributed by atoms with Crippen molar-refractivity contribution in [1.82, 2.24) is 4.90 Å². The number of nitriles is 1. The SMILES string of the molecule is CN(C(=O)c1ccc(C#N)cc1)C(C)(C)CCl. The Balaban J connectivity index is 2.93. The predicted octanol–water partition coefficient (Wildman–Crippen LogP) is 2.65. The van der Waals surface area contributed by atoms with Crippen LogP contribution in [0.25, 0.3) is 0 Å². The lowest BCUT2D eigenvalue weighted by molar-refractivity contribution is 0.0660. The van der Waals surface area contributed by atoms with E-state index in [1.54, 1.807) is 36.2 Å². The first-order valence-corrected chi connectivity index (χ1v) is 5.80. The van der Waals surface area contributed by atoms with E-state index in [2.05, 4.69) is 0 Å². The first-order chi connectivity index (χ1) is 7.92. The largest absolute Gasteiger partial charge is 0.335 e. The minimum atomic E-state index is -0.396. The topological polar surface area (TPSA) is 44.1 Å². The van der Waals surface area contributed by atoms with Gasteiger partial charge in [-0.2, -0.15) is 5.26 Å². The van der Waals surface area contributed by atoms with Gasteiger partial charge in [0.2, 0.25) is 0 Å². The van der Waals surface area contributed by atoms with Gasteiger partial charge in [-0.25, -0.2) is 0 Å². The fourth-order valence-corrected chi connectivity index (χ4v) is 1.42. The molecule has 0 saturated carbocycles. The molecule has 1 aromatic rings. The summed E-state index contributed by atoms with van der Waals surface area (Å²) in [6.07, 6.45) is 0. The molecule has 4 heteroatoms. The Morgan fingerprint density at radius 1 is 1.41 bits per heavy atom. The Bertz CT molecular complexity index is 445. The summed E-state index contributed by atoms with van der Waals surface area (Å²) in [7, 11) is 1.73. The van der Waals surface area contributed by atoms with Crippen LogP contribution < -0.4 is 0 Å². The summed E-state index contributed by atoms with van der Waals surface area (Å²) in [5.41, 5.74) is 0.706. The van der Waals surface area contributed by atoms with Crippen molar-refractivity contribution in [2.75, 3.05) is 12.9 Å². The van der Waals surface area contributed by atoms with Crippen molar-refractivity contribution in [3.8, 4) is 6.07 Å². The van der Waals surface area contributed by atoms with E-state index < -0.39 is 5.54 Å². The van der Waals surface area contributed by atoms with Gasteiger partial charge in [0.1, 0.15) is 0 Å². The minimum Gasteiger partial charge on any atom is -0.335 e. The van der Waals surface area contributed by atoms with Crippen LogP contribution in [0.1, 0.15) is 29.8 Å². The van der Waals surface area contributed by atoms with Crippen LogP contribution in [-0.2, 0) is 0 Å². The molecule has 0 saturated heterocycles. The van der Waals surface area contributed by atoms with Crippen LogP contribution in [0.15, 0.2) is 24.3 Å². The van der Waals surface area contributed by atoms with Crippen molar-refractivity contribution in [3.05, 3.63) is 35.4 Å². The molecule has 0 atom stereocenters. The second-order valence-electron chi connectivity index (χ2n) is 4.50. The third kappa shape index (κ3) is 2.98. The van der Waals surface area contributed by atoms with Gasteiger partial charge >= 0.3 is 0 Å². The molecule has 0 spiro atoms. The Morgan fingerprint density at radius 3 is 2.35 bits per heavy atom. The fourth-order valence-electron chi connectivity index (χ4n) is 1.25. The normalized spacial score (nSPS) is 10.8. The highest BCUT2D eigenvalue weighted by Crippen LogP contribution is 2.17. The Hall–Kier alpha value is -1.53. The second-order valence-corrected chi connectivity index (χ2v) is 4.77. The van der Waals surface area contributed by atoms with Crippen LogP contribution in [0.5, 0.6) is 0 Å². The van der Waals surface area contributed by atoms with Crippen LogP contribution in [-0.4, -0.2) is 29.3 Å². The molecule has 1 rings (SSSR count). The van der Waals surface area contributed by atoms with Gasteiger partial charge in [0.05, 0.1) is 17.2 Å². The molecule has 0 aromatic heterocycles. The Labute approximate surface area is 107 Å². The maximum Gasteiger partial charge on any atom is 0.254 e. The summed E-state index contributed by atoms with van der Waals surface area (Å²) >= 11 is 5.83. The van der Waals surface area contributed by atoms with Gasteiger partial charge in [0.15, 0.2) is 0 Å². The van der Waals surface area contributed by atoms with Crippen molar-refractivity contribution in [1.29, 1.82) is 5.26 Å². The standard InChI is InChI=1S/C13H15ClN2O/c1-13(2,9-14)16(3)12(17)11-6-4-10(8-15)5-7-11/h4-7H,9H2,1-3H3. The van der Waals surface area contributed by atoms with Gasteiger partial charge in [0, 0.05) is 18.5 Å². The summed E-state index contributed by atoms with van der Waals surface area (Å²) in [4.78, 5) is 13.7. The maximum absolute atomic E-state index is 12.1. The summed E-state index contributed by atoms with van der Waals surface area (Å²) in [6, 6.07) is 8.59. The molecule has 17 heavy (non-hydrogen) atoms. The molecule has 0 fully saturated rings. The van der Waals surface area contributed by atoms with E-state index in [1.165, 1.54) is 0 Å². The number of hydrogen-bond donors (Lipinski definition) is 0. The van der Waals surface area contributed by atoms with E-state index in [-0.39, 0.29) is 5.91 Å². The Kier molecular flexibility index (Phi) is 4.14.